The van der Waals surface area contributed by atoms with Gasteiger partial charge in [0.2, 0.25) is 6.79 Å². The molecule has 1 aromatic carbocycles. The minimum Gasteiger partial charge on any atom is -0.454 e. The predicted octanol–water partition coefficient (Wildman–Crippen LogP) is 2.35. The monoisotopic (exact) mass is 357 g/mol. The maximum atomic E-state index is 5.64. The van der Waals surface area contributed by atoms with Gasteiger partial charge in [-0.15, -0.1) is 0 Å². The summed E-state index contributed by atoms with van der Waals surface area (Å²) in [5.74, 6) is 2.54. The molecule has 3 aliphatic rings. The van der Waals surface area contributed by atoms with Gasteiger partial charge in [0.15, 0.2) is 17.5 Å². The quantitative estimate of drug-likeness (QED) is 0.492. The van der Waals surface area contributed by atoms with Crippen LogP contribution in [0.4, 0.5) is 0 Å². The molecular formula is C20H27N3O3. The smallest absolute Gasteiger partial charge is 0.231 e. The first-order valence-electron chi connectivity index (χ1n) is 9.39. The molecule has 2 heterocycles. The molecule has 0 aromatic heterocycles. The molecule has 6 nitrogen and oxygen atoms in total. The molecule has 1 fully saturated rings. The third-order valence-electron chi connectivity index (χ3n) is 5.60. The zero-order valence-electron chi connectivity index (χ0n) is 15.3. The summed E-state index contributed by atoms with van der Waals surface area (Å²) in [6.07, 6.45) is 8.50. The topological polar surface area (TPSA) is 64.1 Å². The molecule has 2 aliphatic heterocycles. The van der Waals surface area contributed by atoms with Crippen molar-refractivity contribution in [3.63, 3.8) is 0 Å². The molecule has 1 aliphatic carbocycles. The Morgan fingerprint density at radius 1 is 1.15 bits per heavy atom. The average molecular weight is 357 g/mol. The highest BCUT2D eigenvalue weighted by atomic mass is 16.7. The number of aliphatic imine (C=N–C) groups is 1. The van der Waals surface area contributed by atoms with Crippen molar-refractivity contribution in [2.45, 2.75) is 37.1 Å². The zero-order valence-corrected chi connectivity index (χ0v) is 15.3. The number of nitrogens with zero attached hydrogens (tertiary/aromatic N) is 1. The van der Waals surface area contributed by atoms with Gasteiger partial charge in [-0.05, 0) is 43.4 Å². The lowest BCUT2D eigenvalue weighted by atomic mass is 9.74. The van der Waals surface area contributed by atoms with Gasteiger partial charge in [-0.2, -0.15) is 0 Å². The third-order valence-corrected chi connectivity index (χ3v) is 5.60. The van der Waals surface area contributed by atoms with Crippen molar-refractivity contribution in [1.29, 1.82) is 0 Å². The van der Waals surface area contributed by atoms with Crippen LogP contribution in [-0.4, -0.2) is 45.6 Å². The maximum absolute atomic E-state index is 5.64. The van der Waals surface area contributed by atoms with E-state index in [-0.39, 0.29) is 5.41 Å². The summed E-state index contributed by atoms with van der Waals surface area (Å²) in [6.45, 7) is 2.67. The second-order valence-corrected chi connectivity index (χ2v) is 7.17. The lowest BCUT2D eigenvalue weighted by Gasteiger charge is -2.38. The fourth-order valence-electron chi connectivity index (χ4n) is 3.93. The molecule has 0 saturated carbocycles. The van der Waals surface area contributed by atoms with Crippen LogP contribution in [0.5, 0.6) is 11.5 Å². The molecule has 0 bridgehead atoms. The SMILES string of the molecule is CN=C(NCC1(c2ccc3c(c2)OCO3)CCOCC1)NC1CC=CC1. The fourth-order valence-corrected chi connectivity index (χ4v) is 3.93. The number of nitrogens with one attached hydrogen (secondary N) is 2. The first-order valence-corrected chi connectivity index (χ1v) is 9.39. The average Bonchev–Trinajstić information content (AvgIpc) is 3.36. The molecular weight excluding hydrogens is 330 g/mol. The van der Waals surface area contributed by atoms with Crippen molar-refractivity contribution in [3.8, 4) is 11.5 Å². The van der Waals surface area contributed by atoms with Gasteiger partial charge in [0.25, 0.3) is 0 Å². The summed E-state index contributed by atoms with van der Waals surface area (Å²) in [7, 11) is 1.83. The van der Waals surface area contributed by atoms with Gasteiger partial charge >= 0.3 is 0 Å². The third kappa shape index (κ3) is 3.51. The van der Waals surface area contributed by atoms with Crippen molar-refractivity contribution in [2.24, 2.45) is 4.99 Å². The molecule has 1 aromatic rings. The number of hydrogen-bond donors (Lipinski definition) is 2. The molecule has 6 heteroatoms. The highest BCUT2D eigenvalue weighted by Crippen LogP contribution is 2.40. The molecule has 26 heavy (non-hydrogen) atoms. The highest BCUT2D eigenvalue weighted by Gasteiger charge is 2.36. The molecule has 0 unspecified atom stereocenters. The molecule has 1 saturated heterocycles. The van der Waals surface area contributed by atoms with Crippen molar-refractivity contribution < 1.29 is 14.2 Å². The highest BCUT2D eigenvalue weighted by molar-refractivity contribution is 5.80. The van der Waals surface area contributed by atoms with E-state index >= 15 is 0 Å². The Hall–Kier alpha value is -2.21. The Kier molecular flexibility index (Phi) is 5.02. The van der Waals surface area contributed by atoms with Crippen LogP contribution in [-0.2, 0) is 10.2 Å². The lowest BCUT2D eigenvalue weighted by molar-refractivity contribution is 0.0513. The van der Waals surface area contributed by atoms with Crippen molar-refractivity contribution >= 4 is 5.96 Å². The van der Waals surface area contributed by atoms with Crippen LogP contribution < -0.4 is 20.1 Å². The normalized spacial score (nSPS) is 21.8. The minimum atomic E-state index is 0.00474. The Bertz CT molecular complexity index is 688. The second-order valence-electron chi connectivity index (χ2n) is 7.17. The number of ether oxygens (including phenoxy) is 3. The van der Waals surface area contributed by atoms with Crippen LogP contribution >= 0.6 is 0 Å². The van der Waals surface area contributed by atoms with Crippen molar-refractivity contribution in [2.75, 3.05) is 33.6 Å². The Balaban J connectivity index is 1.49. The predicted molar refractivity (Wildman–Crippen MR) is 101 cm³/mol. The largest absolute Gasteiger partial charge is 0.454 e. The second kappa shape index (κ2) is 7.58. The van der Waals surface area contributed by atoms with Crippen LogP contribution in [0.1, 0.15) is 31.2 Å². The fraction of sp³-hybridized carbons (Fsp3) is 0.550. The molecule has 4 rings (SSSR count). The standard InChI is InChI=1S/C20H27N3O3/c1-21-19(23-16-4-2-3-5-16)22-13-20(8-10-24-11-9-20)15-6-7-17-18(12-15)26-14-25-17/h2-3,6-7,12,16H,4-5,8-11,13-14H2,1H3,(H2,21,22,23). The number of benzene rings is 1. The van der Waals surface area contributed by atoms with Gasteiger partial charge in [0.1, 0.15) is 0 Å². The van der Waals surface area contributed by atoms with Gasteiger partial charge in [-0.3, -0.25) is 4.99 Å². The Morgan fingerprint density at radius 3 is 2.69 bits per heavy atom. The van der Waals surface area contributed by atoms with Gasteiger partial charge < -0.3 is 24.8 Å². The number of guanidine groups is 1. The van der Waals surface area contributed by atoms with E-state index in [9.17, 15) is 0 Å². The van der Waals surface area contributed by atoms with Crippen LogP contribution in [0.2, 0.25) is 0 Å². The van der Waals surface area contributed by atoms with Gasteiger partial charge in [-0.25, -0.2) is 0 Å². The van der Waals surface area contributed by atoms with Crippen LogP contribution in [0.3, 0.4) is 0 Å². The molecule has 0 radical (unpaired) electrons. The van der Waals surface area contributed by atoms with Crippen molar-refractivity contribution in [3.05, 3.63) is 35.9 Å². The first-order chi connectivity index (χ1) is 12.8. The van der Waals surface area contributed by atoms with Gasteiger partial charge in [0, 0.05) is 38.3 Å². The summed E-state index contributed by atoms with van der Waals surface area (Å²) in [4.78, 5) is 4.41. The summed E-state index contributed by atoms with van der Waals surface area (Å²) < 4.78 is 16.7. The Morgan fingerprint density at radius 2 is 1.92 bits per heavy atom. The van der Waals surface area contributed by atoms with Crippen LogP contribution in [0, 0.1) is 0 Å². The molecule has 2 N–H and O–H groups in total. The summed E-state index contributed by atoms with van der Waals surface area (Å²) in [5, 5.41) is 7.07. The van der Waals surface area contributed by atoms with E-state index in [1.807, 2.05) is 13.1 Å². The van der Waals surface area contributed by atoms with E-state index in [0.29, 0.717) is 12.8 Å². The Labute approximate surface area is 154 Å². The molecule has 0 atom stereocenters. The lowest BCUT2D eigenvalue weighted by Crippen LogP contribution is -2.49. The number of hydrogen-bond acceptors (Lipinski definition) is 4. The van der Waals surface area contributed by atoms with Crippen molar-refractivity contribution in [1.82, 2.24) is 10.6 Å². The first kappa shape index (κ1) is 17.2. The van der Waals surface area contributed by atoms with E-state index in [2.05, 4.69) is 39.9 Å². The zero-order chi connectivity index (χ0) is 17.8. The maximum Gasteiger partial charge on any atom is 0.231 e. The summed E-state index contributed by atoms with van der Waals surface area (Å²) in [6, 6.07) is 6.76. The van der Waals surface area contributed by atoms with E-state index < -0.39 is 0 Å². The number of rotatable bonds is 4. The van der Waals surface area contributed by atoms with E-state index in [1.54, 1.807) is 0 Å². The van der Waals surface area contributed by atoms with E-state index in [4.69, 9.17) is 14.2 Å². The summed E-state index contributed by atoms with van der Waals surface area (Å²) >= 11 is 0. The van der Waals surface area contributed by atoms with E-state index in [1.165, 1.54) is 5.56 Å². The molecule has 140 valence electrons. The molecule has 0 amide bonds. The van der Waals surface area contributed by atoms with Crippen LogP contribution in [0.25, 0.3) is 0 Å². The minimum absolute atomic E-state index is 0.00474. The molecule has 0 spiro atoms. The van der Waals surface area contributed by atoms with Crippen LogP contribution in [0.15, 0.2) is 35.3 Å². The summed E-state index contributed by atoms with van der Waals surface area (Å²) in [5.41, 5.74) is 1.28. The number of fused-ring (bicyclic) bond motifs is 1. The van der Waals surface area contributed by atoms with Gasteiger partial charge in [-0.1, -0.05) is 18.2 Å². The van der Waals surface area contributed by atoms with E-state index in [0.717, 1.165) is 62.9 Å². The van der Waals surface area contributed by atoms with Gasteiger partial charge in [0.05, 0.1) is 0 Å².